The number of esters is 2. The molecule has 0 radical (unpaired) electrons. The summed E-state index contributed by atoms with van der Waals surface area (Å²) in [6.07, 6.45) is 0.795. The summed E-state index contributed by atoms with van der Waals surface area (Å²) in [7, 11) is 0. The lowest BCUT2D eigenvalue weighted by Gasteiger charge is -2.14. The number of carbonyl (C=O) groups is 3. The maximum atomic E-state index is 11.4. The van der Waals surface area contributed by atoms with Crippen LogP contribution in [0, 0.1) is 0 Å². The molecule has 0 saturated carbocycles. The summed E-state index contributed by atoms with van der Waals surface area (Å²) in [5.41, 5.74) is 0.538. The highest BCUT2D eigenvalue weighted by Crippen LogP contribution is 2.23. The molecule has 1 rings (SSSR count). The number of amides is 1. The van der Waals surface area contributed by atoms with Gasteiger partial charge in [-0.1, -0.05) is 12.7 Å². The van der Waals surface area contributed by atoms with Gasteiger partial charge in [0, 0.05) is 19.2 Å². The highest BCUT2D eigenvalue weighted by molar-refractivity contribution is 7.13. The van der Waals surface area contributed by atoms with Gasteiger partial charge in [0.25, 0.3) is 0 Å². The molecule has 1 heterocycles. The van der Waals surface area contributed by atoms with Crippen LogP contribution in [-0.2, 0) is 23.8 Å². The van der Waals surface area contributed by atoms with E-state index in [1.807, 2.05) is 0 Å². The summed E-state index contributed by atoms with van der Waals surface area (Å²) in [6.45, 7) is 6.13. The van der Waals surface area contributed by atoms with E-state index in [1.54, 1.807) is 5.38 Å². The first kappa shape index (κ1) is 18.6. The zero-order valence-electron chi connectivity index (χ0n) is 12.9. The van der Waals surface area contributed by atoms with Gasteiger partial charge in [-0.3, -0.25) is 14.9 Å². The first-order valence-electron chi connectivity index (χ1n) is 6.69. The van der Waals surface area contributed by atoms with Crippen molar-refractivity contribution in [2.45, 2.75) is 19.8 Å². The molecule has 1 amide bonds. The van der Waals surface area contributed by atoms with Crippen LogP contribution in [0.4, 0.5) is 9.93 Å². The van der Waals surface area contributed by atoms with Crippen molar-refractivity contribution in [3.63, 3.8) is 0 Å². The first-order valence-corrected chi connectivity index (χ1v) is 7.57. The van der Waals surface area contributed by atoms with Crippen LogP contribution in [0.2, 0.25) is 0 Å². The maximum absolute atomic E-state index is 11.4. The molecule has 1 N–H and O–H groups in total. The third kappa shape index (κ3) is 7.41. The molecule has 0 aliphatic heterocycles. The number of anilines is 1. The molecule has 1 aromatic heterocycles. The molecule has 9 heteroatoms. The Morgan fingerprint density at radius 2 is 1.87 bits per heavy atom. The number of aromatic nitrogens is 1. The van der Waals surface area contributed by atoms with Crippen molar-refractivity contribution in [2.75, 3.05) is 25.1 Å². The van der Waals surface area contributed by atoms with Crippen LogP contribution in [0.3, 0.4) is 0 Å². The summed E-state index contributed by atoms with van der Waals surface area (Å²) in [6, 6.07) is 0. The monoisotopic (exact) mass is 342 g/mol. The molecule has 0 spiro atoms. The van der Waals surface area contributed by atoms with E-state index in [4.69, 9.17) is 14.2 Å². The molecular weight excluding hydrogens is 324 g/mol. The molecule has 1 aromatic rings. The van der Waals surface area contributed by atoms with Gasteiger partial charge >= 0.3 is 18.0 Å². The Labute approximate surface area is 137 Å². The molecule has 0 saturated heterocycles. The molecule has 126 valence electrons. The van der Waals surface area contributed by atoms with Crippen molar-refractivity contribution in [1.82, 2.24) is 4.98 Å². The van der Waals surface area contributed by atoms with E-state index in [2.05, 4.69) is 16.9 Å². The number of ether oxygens (including phenoxy) is 3. The predicted octanol–water partition coefficient (Wildman–Crippen LogP) is 2.09. The lowest BCUT2D eigenvalue weighted by atomic mass is 10.1. The van der Waals surface area contributed by atoms with Crippen LogP contribution >= 0.6 is 11.3 Å². The van der Waals surface area contributed by atoms with E-state index in [1.165, 1.54) is 31.3 Å². The van der Waals surface area contributed by atoms with Gasteiger partial charge in [0.15, 0.2) is 5.13 Å². The fourth-order valence-corrected chi connectivity index (χ4v) is 2.22. The van der Waals surface area contributed by atoms with E-state index in [0.29, 0.717) is 10.8 Å². The molecule has 0 aliphatic rings. The Morgan fingerprint density at radius 1 is 1.26 bits per heavy atom. The second kappa shape index (κ2) is 9.57. The number of nitrogens with zero attached hydrogens (tertiary/aromatic N) is 1. The zero-order valence-corrected chi connectivity index (χ0v) is 13.7. The number of carbonyl (C=O) groups excluding carboxylic acids is 3. The van der Waals surface area contributed by atoms with Crippen molar-refractivity contribution in [2.24, 2.45) is 0 Å². The number of nitrogens with one attached hydrogen (secondary N) is 1. The van der Waals surface area contributed by atoms with Gasteiger partial charge in [-0.15, -0.1) is 11.3 Å². The molecule has 0 aromatic carbocycles. The number of rotatable bonds is 8. The molecule has 0 aliphatic carbocycles. The van der Waals surface area contributed by atoms with Crippen LogP contribution in [0.5, 0.6) is 0 Å². The van der Waals surface area contributed by atoms with E-state index in [-0.39, 0.29) is 19.8 Å². The minimum atomic E-state index is -0.651. The molecule has 0 atom stereocenters. The normalized spacial score (nSPS) is 10.0. The predicted molar refractivity (Wildman–Crippen MR) is 83.3 cm³/mol. The molecule has 8 nitrogen and oxygen atoms in total. The van der Waals surface area contributed by atoms with Gasteiger partial charge in [0.05, 0.1) is 11.6 Å². The average Bonchev–Trinajstić information content (AvgIpc) is 2.92. The van der Waals surface area contributed by atoms with E-state index >= 15 is 0 Å². The summed E-state index contributed by atoms with van der Waals surface area (Å²) in [5, 5.41) is 4.47. The third-order valence-corrected chi connectivity index (χ3v) is 3.23. The van der Waals surface area contributed by atoms with Crippen molar-refractivity contribution in [3.05, 3.63) is 23.7 Å². The summed E-state index contributed by atoms with van der Waals surface area (Å²) >= 11 is 1.18. The third-order valence-electron chi connectivity index (χ3n) is 2.46. The smallest absolute Gasteiger partial charge is 0.413 e. The molecule has 23 heavy (non-hydrogen) atoms. The van der Waals surface area contributed by atoms with Crippen molar-refractivity contribution in [1.29, 1.82) is 0 Å². The number of hydrogen-bond donors (Lipinski definition) is 1. The minimum Gasteiger partial charge on any atom is -0.465 e. The lowest BCUT2D eigenvalue weighted by Crippen LogP contribution is -2.18. The topological polar surface area (TPSA) is 104 Å². The van der Waals surface area contributed by atoms with Gasteiger partial charge in [0.2, 0.25) is 0 Å². The second-order valence-corrected chi connectivity index (χ2v) is 5.25. The van der Waals surface area contributed by atoms with E-state index in [0.717, 1.165) is 0 Å². The Hall–Kier alpha value is -2.42. The van der Waals surface area contributed by atoms with Gasteiger partial charge in [-0.05, 0) is 0 Å². The Balaban J connectivity index is 2.69. The van der Waals surface area contributed by atoms with Gasteiger partial charge in [0.1, 0.15) is 19.8 Å². The zero-order chi connectivity index (χ0) is 17.2. The molecular formula is C14H18N2O6S. The van der Waals surface area contributed by atoms with Crippen molar-refractivity contribution < 1.29 is 28.6 Å². The van der Waals surface area contributed by atoms with Crippen molar-refractivity contribution >= 4 is 34.5 Å². The van der Waals surface area contributed by atoms with Crippen LogP contribution < -0.4 is 5.32 Å². The summed E-state index contributed by atoms with van der Waals surface area (Å²) < 4.78 is 14.7. The standard InChI is InChI=1S/C14H18N2O6S/c1-4-5-20-14(19)16-13-15-12(8-23-13)11(6-21-9(2)17)7-22-10(3)18/h4,8,11H,1,5-7H2,2-3H3,(H,15,16,19). The van der Waals surface area contributed by atoms with Crippen molar-refractivity contribution in [3.8, 4) is 0 Å². The lowest BCUT2D eigenvalue weighted by molar-refractivity contribution is -0.144. The van der Waals surface area contributed by atoms with Gasteiger partial charge < -0.3 is 14.2 Å². The molecule has 0 fully saturated rings. The second-order valence-electron chi connectivity index (χ2n) is 4.39. The summed E-state index contributed by atoms with van der Waals surface area (Å²) in [4.78, 5) is 37.5. The number of thiazole rings is 1. The first-order chi connectivity index (χ1) is 10.9. The Bertz CT molecular complexity index is 553. The summed E-state index contributed by atoms with van der Waals surface area (Å²) in [5.74, 6) is -1.31. The Kier molecular flexibility index (Phi) is 7.75. The fraction of sp³-hybridized carbons (Fsp3) is 0.429. The highest BCUT2D eigenvalue weighted by Gasteiger charge is 2.19. The van der Waals surface area contributed by atoms with Crippen LogP contribution in [0.25, 0.3) is 0 Å². The molecule has 0 bridgehead atoms. The van der Waals surface area contributed by atoms with Crippen LogP contribution in [-0.4, -0.2) is 42.8 Å². The van der Waals surface area contributed by atoms with E-state index < -0.39 is 23.9 Å². The minimum absolute atomic E-state index is 0.0205. The average molecular weight is 342 g/mol. The number of hydrogen-bond acceptors (Lipinski definition) is 8. The Morgan fingerprint density at radius 3 is 2.39 bits per heavy atom. The highest BCUT2D eigenvalue weighted by atomic mass is 32.1. The quantitative estimate of drug-likeness (QED) is 0.438. The maximum Gasteiger partial charge on any atom is 0.413 e. The SMILES string of the molecule is C=CCOC(=O)Nc1nc(C(COC(C)=O)COC(C)=O)cs1. The van der Waals surface area contributed by atoms with E-state index in [9.17, 15) is 14.4 Å². The molecule has 0 unspecified atom stereocenters. The van der Waals surface area contributed by atoms with Gasteiger partial charge in [-0.2, -0.15) is 0 Å². The van der Waals surface area contributed by atoms with Crippen LogP contribution in [0.1, 0.15) is 25.5 Å². The fourth-order valence-electron chi connectivity index (χ4n) is 1.44. The van der Waals surface area contributed by atoms with Crippen LogP contribution in [0.15, 0.2) is 18.0 Å². The van der Waals surface area contributed by atoms with Gasteiger partial charge in [-0.25, -0.2) is 9.78 Å². The largest absolute Gasteiger partial charge is 0.465 e.